The molecule has 0 saturated carbocycles. The van der Waals surface area contributed by atoms with E-state index in [-0.39, 0.29) is 17.7 Å². The summed E-state index contributed by atoms with van der Waals surface area (Å²) >= 11 is 0. The van der Waals surface area contributed by atoms with Gasteiger partial charge in [-0.3, -0.25) is 0 Å². The second kappa shape index (κ2) is 6.08. The van der Waals surface area contributed by atoms with Crippen molar-refractivity contribution in [1.82, 2.24) is 4.31 Å². The lowest BCUT2D eigenvalue weighted by Gasteiger charge is -2.34. The van der Waals surface area contributed by atoms with Crippen molar-refractivity contribution >= 4 is 10.0 Å². The summed E-state index contributed by atoms with van der Waals surface area (Å²) < 4.78 is 43.9. The normalized spacial score (nSPS) is 20.9. The lowest BCUT2D eigenvalue weighted by Crippen LogP contribution is -2.43. The van der Waals surface area contributed by atoms with E-state index >= 15 is 0 Å². The highest BCUT2D eigenvalue weighted by atomic mass is 32.2. The Labute approximate surface area is 140 Å². The molecule has 24 heavy (non-hydrogen) atoms. The van der Waals surface area contributed by atoms with Gasteiger partial charge < -0.3 is 14.2 Å². The fourth-order valence-corrected chi connectivity index (χ4v) is 4.59. The molecular weight excluding hydrogens is 330 g/mol. The van der Waals surface area contributed by atoms with E-state index in [0.717, 1.165) is 5.56 Å². The van der Waals surface area contributed by atoms with Crippen LogP contribution in [0.5, 0.6) is 11.5 Å². The van der Waals surface area contributed by atoms with Gasteiger partial charge in [-0.15, -0.1) is 0 Å². The van der Waals surface area contributed by atoms with Crippen molar-refractivity contribution in [1.29, 1.82) is 0 Å². The van der Waals surface area contributed by atoms with Crippen molar-refractivity contribution in [2.45, 2.75) is 10.9 Å². The van der Waals surface area contributed by atoms with Crippen LogP contribution in [-0.2, 0) is 14.8 Å². The maximum absolute atomic E-state index is 13.1. The van der Waals surface area contributed by atoms with Gasteiger partial charge in [-0.1, -0.05) is 30.3 Å². The summed E-state index contributed by atoms with van der Waals surface area (Å²) in [6.07, 6.45) is 0. The highest BCUT2D eigenvalue weighted by Gasteiger charge is 2.35. The van der Waals surface area contributed by atoms with Crippen LogP contribution < -0.4 is 9.47 Å². The molecule has 1 saturated heterocycles. The first-order valence-corrected chi connectivity index (χ1v) is 9.14. The zero-order valence-corrected chi connectivity index (χ0v) is 13.7. The number of fused-ring (bicyclic) bond motifs is 1. The van der Waals surface area contributed by atoms with Gasteiger partial charge >= 0.3 is 0 Å². The van der Waals surface area contributed by atoms with E-state index in [0.29, 0.717) is 31.3 Å². The number of benzene rings is 2. The van der Waals surface area contributed by atoms with Gasteiger partial charge in [-0.25, -0.2) is 8.42 Å². The smallest absolute Gasteiger partial charge is 0.243 e. The number of sulfonamides is 1. The fourth-order valence-electron chi connectivity index (χ4n) is 2.99. The first-order chi connectivity index (χ1) is 11.7. The molecule has 0 aromatic heterocycles. The summed E-state index contributed by atoms with van der Waals surface area (Å²) in [6, 6.07) is 13.9. The monoisotopic (exact) mass is 347 g/mol. The van der Waals surface area contributed by atoms with E-state index in [4.69, 9.17) is 14.2 Å². The zero-order chi connectivity index (χ0) is 16.6. The van der Waals surface area contributed by atoms with Crippen molar-refractivity contribution < 1.29 is 22.6 Å². The summed E-state index contributed by atoms with van der Waals surface area (Å²) in [6.45, 7) is 1.15. The second-order valence-electron chi connectivity index (χ2n) is 5.63. The molecule has 2 aromatic carbocycles. The minimum atomic E-state index is -3.66. The zero-order valence-electron chi connectivity index (χ0n) is 12.9. The van der Waals surface area contributed by atoms with Gasteiger partial charge in [-0.2, -0.15) is 4.31 Å². The summed E-state index contributed by atoms with van der Waals surface area (Å²) in [5.41, 5.74) is 0.918. The summed E-state index contributed by atoms with van der Waals surface area (Å²) in [4.78, 5) is 0.203. The first-order valence-electron chi connectivity index (χ1n) is 7.70. The van der Waals surface area contributed by atoms with Crippen LogP contribution in [0.15, 0.2) is 53.4 Å². The van der Waals surface area contributed by atoms with Gasteiger partial charge in [-0.05, 0) is 17.7 Å². The molecular formula is C17H17NO5S. The van der Waals surface area contributed by atoms with Crippen LogP contribution in [0.1, 0.15) is 11.6 Å². The van der Waals surface area contributed by atoms with Crippen molar-refractivity contribution in [3.63, 3.8) is 0 Å². The molecule has 0 radical (unpaired) electrons. The first kappa shape index (κ1) is 15.4. The Balaban J connectivity index is 1.71. The van der Waals surface area contributed by atoms with Crippen molar-refractivity contribution in [3.05, 3.63) is 54.1 Å². The second-order valence-corrected chi connectivity index (χ2v) is 7.52. The SMILES string of the molecule is O=S(=O)(c1ccc2c(c1)OCO2)N1CCOCC1c1ccccc1. The molecule has 0 spiro atoms. The lowest BCUT2D eigenvalue weighted by molar-refractivity contribution is 0.0320. The largest absolute Gasteiger partial charge is 0.454 e. The Morgan fingerprint density at radius 3 is 2.62 bits per heavy atom. The molecule has 2 aromatic rings. The molecule has 4 rings (SSSR count). The van der Waals surface area contributed by atoms with E-state index in [9.17, 15) is 8.42 Å². The van der Waals surface area contributed by atoms with E-state index in [2.05, 4.69) is 0 Å². The van der Waals surface area contributed by atoms with Crippen LogP contribution in [0.25, 0.3) is 0 Å². The average Bonchev–Trinajstić information content (AvgIpc) is 3.10. The molecule has 1 atom stereocenters. The van der Waals surface area contributed by atoms with Gasteiger partial charge in [0.25, 0.3) is 0 Å². The standard InChI is InChI=1S/C17H17NO5S/c19-24(20,14-6-7-16-17(10-14)23-12-22-16)18-8-9-21-11-15(18)13-4-2-1-3-5-13/h1-7,10,15H,8-9,11-12H2. The minimum Gasteiger partial charge on any atom is -0.454 e. The predicted molar refractivity (Wildman–Crippen MR) is 86.5 cm³/mol. The quantitative estimate of drug-likeness (QED) is 0.851. The van der Waals surface area contributed by atoms with Gasteiger partial charge in [0.1, 0.15) is 0 Å². The highest BCUT2D eigenvalue weighted by Crippen LogP contribution is 2.36. The third-order valence-corrected chi connectivity index (χ3v) is 6.12. The number of rotatable bonds is 3. The van der Waals surface area contributed by atoms with Crippen LogP contribution in [0.4, 0.5) is 0 Å². The Kier molecular flexibility index (Phi) is 3.91. The lowest BCUT2D eigenvalue weighted by atomic mass is 10.1. The van der Waals surface area contributed by atoms with Gasteiger partial charge in [0, 0.05) is 12.6 Å². The average molecular weight is 347 g/mol. The number of hydrogen-bond donors (Lipinski definition) is 0. The molecule has 2 aliphatic rings. The van der Waals surface area contributed by atoms with E-state index in [1.807, 2.05) is 30.3 Å². The molecule has 2 heterocycles. The maximum atomic E-state index is 13.1. The minimum absolute atomic E-state index is 0.114. The summed E-state index contributed by atoms with van der Waals surface area (Å²) in [5.74, 6) is 1.02. The van der Waals surface area contributed by atoms with Gasteiger partial charge in [0.15, 0.2) is 11.5 Å². The molecule has 0 bridgehead atoms. The van der Waals surface area contributed by atoms with E-state index in [1.165, 1.54) is 10.4 Å². The van der Waals surface area contributed by atoms with Crippen LogP contribution >= 0.6 is 0 Å². The molecule has 0 amide bonds. The molecule has 0 N–H and O–H groups in total. The van der Waals surface area contributed by atoms with Crippen LogP contribution in [-0.4, -0.2) is 39.3 Å². The Morgan fingerprint density at radius 2 is 1.79 bits per heavy atom. The number of morpholine rings is 1. The Hall–Kier alpha value is -2.09. The van der Waals surface area contributed by atoms with E-state index in [1.54, 1.807) is 12.1 Å². The van der Waals surface area contributed by atoms with Crippen LogP contribution in [0.3, 0.4) is 0 Å². The molecule has 2 aliphatic heterocycles. The number of hydrogen-bond acceptors (Lipinski definition) is 5. The van der Waals surface area contributed by atoms with Crippen molar-refractivity contribution in [2.75, 3.05) is 26.6 Å². The Bertz CT molecular complexity index is 837. The molecule has 0 aliphatic carbocycles. The molecule has 6 nitrogen and oxygen atoms in total. The fraction of sp³-hybridized carbons (Fsp3) is 0.294. The van der Waals surface area contributed by atoms with Gasteiger partial charge in [0.2, 0.25) is 16.8 Å². The van der Waals surface area contributed by atoms with Crippen LogP contribution in [0, 0.1) is 0 Å². The maximum Gasteiger partial charge on any atom is 0.243 e. The van der Waals surface area contributed by atoms with Gasteiger partial charge in [0.05, 0.1) is 24.2 Å². The van der Waals surface area contributed by atoms with E-state index < -0.39 is 10.0 Å². The molecule has 1 fully saturated rings. The number of nitrogens with zero attached hydrogens (tertiary/aromatic N) is 1. The predicted octanol–water partition coefficient (Wildman–Crippen LogP) is 2.18. The topological polar surface area (TPSA) is 65.1 Å². The van der Waals surface area contributed by atoms with Crippen molar-refractivity contribution in [3.8, 4) is 11.5 Å². The highest BCUT2D eigenvalue weighted by molar-refractivity contribution is 7.89. The number of ether oxygens (including phenoxy) is 3. The molecule has 7 heteroatoms. The summed E-state index contributed by atoms with van der Waals surface area (Å²) in [7, 11) is -3.66. The summed E-state index contributed by atoms with van der Waals surface area (Å²) in [5, 5.41) is 0. The van der Waals surface area contributed by atoms with Crippen LogP contribution in [0.2, 0.25) is 0 Å². The Morgan fingerprint density at radius 1 is 1.00 bits per heavy atom. The third kappa shape index (κ3) is 2.64. The molecule has 126 valence electrons. The van der Waals surface area contributed by atoms with Crippen molar-refractivity contribution in [2.24, 2.45) is 0 Å². The third-order valence-electron chi connectivity index (χ3n) is 4.21. The molecule has 1 unspecified atom stereocenters.